The molecule has 6 nitrogen and oxygen atoms in total. The highest BCUT2D eigenvalue weighted by Crippen LogP contribution is 2.13. The van der Waals surface area contributed by atoms with E-state index in [4.69, 9.17) is 14.2 Å². The molecule has 0 aromatic rings. The molecule has 0 spiro atoms. The second kappa shape index (κ2) is 49.2. The molecule has 0 aliphatic rings. The Labute approximate surface area is 375 Å². The third-order valence-corrected chi connectivity index (χ3v) is 10.5. The molecule has 348 valence electrons. The zero-order valence-electron chi connectivity index (χ0n) is 39.7. The van der Waals surface area contributed by atoms with E-state index in [9.17, 15) is 14.4 Å². The Hall–Kier alpha value is -3.41. The van der Waals surface area contributed by atoms with Crippen molar-refractivity contribution >= 4 is 17.9 Å². The van der Waals surface area contributed by atoms with Gasteiger partial charge in [0.2, 0.25) is 0 Å². The zero-order chi connectivity index (χ0) is 44.4. The van der Waals surface area contributed by atoms with Crippen LogP contribution in [0.5, 0.6) is 0 Å². The molecular formula is C55H92O6. The molecule has 1 atom stereocenters. The molecule has 1 unspecified atom stereocenters. The molecule has 0 aliphatic carbocycles. The number of hydrogen-bond donors (Lipinski definition) is 0. The van der Waals surface area contributed by atoms with Crippen molar-refractivity contribution in [1.29, 1.82) is 0 Å². The van der Waals surface area contributed by atoms with Gasteiger partial charge in [-0.25, -0.2) is 0 Å². The monoisotopic (exact) mass is 849 g/mol. The third kappa shape index (κ3) is 47.5. The standard InChI is InChI=1S/C55H92O6/c1-4-7-10-13-16-19-22-24-26-27-28-29-31-33-36-39-42-45-48-54(57)60-51-52(50-59-53(56)47-44-41-38-35-32-21-18-15-12-9-6-3)61-55(58)49-46-43-40-37-34-30-25-23-20-17-14-11-8-5-2/h10,13,15-16,18-19,22,24,26-30,34,52H,4-9,11-12,14,17,20-21,23,25,31-33,35-51H2,1-3H3/b13-10-,18-15-,19-16-,24-22-,27-26-,29-28-,34-30-. The number of allylic oxidation sites excluding steroid dienone is 14. The van der Waals surface area contributed by atoms with Crippen molar-refractivity contribution in [2.24, 2.45) is 0 Å². The van der Waals surface area contributed by atoms with Gasteiger partial charge in [0.1, 0.15) is 13.2 Å². The molecule has 0 saturated heterocycles. The predicted molar refractivity (Wildman–Crippen MR) is 261 cm³/mol. The lowest BCUT2D eigenvalue weighted by Gasteiger charge is -2.18. The molecule has 0 heterocycles. The molecule has 61 heavy (non-hydrogen) atoms. The SMILES string of the molecule is CCC\C=C/C=C\C=C/C=C\C=C/CCCCCCCC(=O)OCC(COC(=O)CCCCCCC/C=C\CCCC)OC(=O)CCCCC/C=C\CCCCCCCCC. The van der Waals surface area contributed by atoms with Crippen LogP contribution in [0.1, 0.15) is 226 Å². The van der Waals surface area contributed by atoms with Crippen LogP contribution >= 0.6 is 0 Å². The summed E-state index contributed by atoms with van der Waals surface area (Å²) in [5.74, 6) is -0.950. The lowest BCUT2D eigenvalue weighted by atomic mass is 10.1. The number of carbonyl (C=O) groups excluding carboxylic acids is 3. The van der Waals surface area contributed by atoms with Crippen LogP contribution in [0.2, 0.25) is 0 Å². The summed E-state index contributed by atoms with van der Waals surface area (Å²) in [6.45, 7) is 6.45. The van der Waals surface area contributed by atoms with Gasteiger partial charge in [-0.3, -0.25) is 14.4 Å². The average molecular weight is 849 g/mol. The maximum absolute atomic E-state index is 12.8. The Kier molecular flexibility index (Phi) is 46.5. The largest absolute Gasteiger partial charge is 0.462 e. The molecule has 0 saturated carbocycles. The van der Waals surface area contributed by atoms with E-state index in [1.54, 1.807) is 0 Å². The molecule has 0 radical (unpaired) electrons. The van der Waals surface area contributed by atoms with Crippen LogP contribution in [-0.4, -0.2) is 37.2 Å². The van der Waals surface area contributed by atoms with E-state index in [1.165, 1.54) is 77.0 Å². The van der Waals surface area contributed by atoms with Crippen molar-refractivity contribution in [3.63, 3.8) is 0 Å². The van der Waals surface area contributed by atoms with Gasteiger partial charge in [0.05, 0.1) is 0 Å². The predicted octanol–water partition coefficient (Wildman–Crippen LogP) is 16.4. The summed E-state index contributed by atoms with van der Waals surface area (Å²) in [6.07, 6.45) is 62.7. The highest BCUT2D eigenvalue weighted by molar-refractivity contribution is 5.71. The lowest BCUT2D eigenvalue weighted by molar-refractivity contribution is -0.167. The maximum atomic E-state index is 12.8. The van der Waals surface area contributed by atoms with E-state index in [2.05, 4.69) is 81.5 Å². The van der Waals surface area contributed by atoms with E-state index in [-0.39, 0.29) is 31.1 Å². The smallest absolute Gasteiger partial charge is 0.306 e. The minimum absolute atomic E-state index is 0.0962. The Morgan fingerprint density at radius 1 is 0.328 bits per heavy atom. The Morgan fingerprint density at radius 2 is 0.656 bits per heavy atom. The van der Waals surface area contributed by atoms with E-state index >= 15 is 0 Å². The molecule has 6 heteroatoms. The molecule has 0 fully saturated rings. The Bertz CT molecular complexity index is 1200. The topological polar surface area (TPSA) is 78.9 Å². The first-order valence-electron chi connectivity index (χ1n) is 25.2. The van der Waals surface area contributed by atoms with Crippen LogP contribution in [0.15, 0.2) is 85.1 Å². The van der Waals surface area contributed by atoms with Crippen molar-refractivity contribution in [1.82, 2.24) is 0 Å². The maximum Gasteiger partial charge on any atom is 0.306 e. The van der Waals surface area contributed by atoms with Gasteiger partial charge in [0, 0.05) is 19.3 Å². The van der Waals surface area contributed by atoms with E-state index in [0.717, 1.165) is 109 Å². The van der Waals surface area contributed by atoms with Gasteiger partial charge < -0.3 is 14.2 Å². The first-order chi connectivity index (χ1) is 30.0. The van der Waals surface area contributed by atoms with Crippen LogP contribution in [0, 0.1) is 0 Å². The lowest BCUT2D eigenvalue weighted by Crippen LogP contribution is -2.30. The second-order valence-corrected chi connectivity index (χ2v) is 16.5. The van der Waals surface area contributed by atoms with Gasteiger partial charge in [-0.2, -0.15) is 0 Å². The molecule has 0 aliphatic heterocycles. The van der Waals surface area contributed by atoms with Crippen LogP contribution < -0.4 is 0 Å². The van der Waals surface area contributed by atoms with Crippen LogP contribution in [0.3, 0.4) is 0 Å². The minimum atomic E-state index is -0.797. The number of rotatable bonds is 44. The number of ether oxygens (including phenoxy) is 3. The Morgan fingerprint density at radius 3 is 1.10 bits per heavy atom. The summed E-state index contributed by atoms with van der Waals surface area (Å²) in [4.78, 5) is 37.9. The summed E-state index contributed by atoms with van der Waals surface area (Å²) in [6, 6.07) is 0. The van der Waals surface area contributed by atoms with Crippen molar-refractivity contribution in [2.75, 3.05) is 13.2 Å². The van der Waals surface area contributed by atoms with E-state index in [1.807, 2.05) is 24.3 Å². The van der Waals surface area contributed by atoms with E-state index < -0.39 is 6.10 Å². The number of hydrogen-bond acceptors (Lipinski definition) is 6. The van der Waals surface area contributed by atoms with Crippen molar-refractivity contribution < 1.29 is 28.6 Å². The summed E-state index contributed by atoms with van der Waals surface area (Å²) in [5, 5.41) is 0. The molecule has 0 aromatic carbocycles. The Balaban J connectivity index is 4.46. The quantitative estimate of drug-likeness (QED) is 0.0200. The molecular weight excluding hydrogens is 757 g/mol. The summed E-state index contributed by atoms with van der Waals surface area (Å²) in [7, 11) is 0. The molecule has 0 bridgehead atoms. The molecule has 0 N–H and O–H groups in total. The van der Waals surface area contributed by atoms with Crippen LogP contribution in [0.4, 0.5) is 0 Å². The van der Waals surface area contributed by atoms with Crippen LogP contribution in [0.25, 0.3) is 0 Å². The highest BCUT2D eigenvalue weighted by atomic mass is 16.6. The average Bonchev–Trinajstić information content (AvgIpc) is 3.26. The molecule has 0 rings (SSSR count). The molecule has 0 amide bonds. The van der Waals surface area contributed by atoms with Crippen molar-refractivity contribution in [2.45, 2.75) is 232 Å². The number of unbranched alkanes of at least 4 members (excludes halogenated alkanes) is 23. The van der Waals surface area contributed by atoms with Crippen molar-refractivity contribution in [3.8, 4) is 0 Å². The van der Waals surface area contributed by atoms with Gasteiger partial charge in [-0.1, -0.05) is 209 Å². The molecule has 0 aromatic heterocycles. The first kappa shape index (κ1) is 57.6. The third-order valence-electron chi connectivity index (χ3n) is 10.5. The minimum Gasteiger partial charge on any atom is -0.462 e. The fraction of sp³-hybridized carbons (Fsp3) is 0.691. The summed E-state index contributed by atoms with van der Waals surface area (Å²) >= 11 is 0. The number of esters is 3. The second-order valence-electron chi connectivity index (χ2n) is 16.5. The van der Waals surface area contributed by atoms with Crippen molar-refractivity contribution in [3.05, 3.63) is 85.1 Å². The normalized spacial score (nSPS) is 12.8. The van der Waals surface area contributed by atoms with Gasteiger partial charge in [0.15, 0.2) is 6.10 Å². The van der Waals surface area contributed by atoms with Gasteiger partial charge >= 0.3 is 17.9 Å². The van der Waals surface area contributed by atoms with E-state index in [0.29, 0.717) is 19.3 Å². The van der Waals surface area contributed by atoms with Gasteiger partial charge in [-0.05, 0) is 83.5 Å². The first-order valence-corrected chi connectivity index (χ1v) is 25.2. The fourth-order valence-electron chi connectivity index (χ4n) is 6.62. The summed E-state index contributed by atoms with van der Waals surface area (Å²) in [5.41, 5.74) is 0. The van der Waals surface area contributed by atoms with Gasteiger partial charge in [0.25, 0.3) is 0 Å². The number of carbonyl (C=O) groups is 3. The van der Waals surface area contributed by atoms with Crippen LogP contribution in [-0.2, 0) is 28.6 Å². The fourth-order valence-corrected chi connectivity index (χ4v) is 6.62. The highest BCUT2D eigenvalue weighted by Gasteiger charge is 2.19. The van der Waals surface area contributed by atoms with Gasteiger partial charge in [-0.15, -0.1) is 0 Å². The zero-order valence-corrected chi connectivity index (χ0v) is 39.7. The summed E-state index contributed by atoms with van der Waals surface area (Å²) < 4.78 is 16.7.